The van der Waals surface area contributed by atoms with Crippen molar-refractivity contribution in [3.8, 4) is 0 Å². The van der Waals surface area contributed by atoms with E-state index in [1.807, 2.05) is 6.92 Å². The third kappa shape index (κ3) is 3.50. The smallest absolute Gasteiger partial charge is 0.237 e. The Labute approximate surface area is 118 Å². The van der Waals surface area contributed by atoms with Gasteiger partial charge in [0.15, 0.2) is 0 Å². The average molecular weight is 268 g/mol. The van der Waals surface area contributed by atoms with Crippen LogP contribution in [0.4, 0.5) is 0 Å². The molecule has 0 aromatic rings. The Morgan fingerprint density at radius 2 is 1.68 bits per heavy atom. The summed E-state index contributed by atoms with van der Waals surface area (Å²) in [5.74, 6) is 0.778. The summed E-state index contributed by atoms with van der Waals surface area (Å²) >= 11 is 0. The van der Waals surface area contributed by atoms with Gasteiger partial charge in [-0.2, -0.15) is 0 Å². The van der Waals surface area contributed by atoms with Gasteiger partial charge < -0.3 is 10.6 Å². The van der Waals surface area contributed by atoms with Crippen LogP contribution in [0.2, 0.25) is 0 Å². The molecular formula is C16H32N2O. The van der Waals surface area contributed by atoms with E-state index >= 15 is 0 Å². The molecule has 19 heavy (non-hydrogen) atoms. The Bertz CT molecular complexity index is 309. The van der Waals surface area contributed by atoms with Crippen LogP contribution in [0.25, 0.3) is 0 Å². The Morgan fingerprint density at radius 3 is 2.11 bits per heavy atom. The molecule has 1 amide bonds. The van der Waals surface area contributed by atoms with Gasteiger partial charge in [0.05, 0.1) is 6.04 Å². The van der Waals surface area contributed by atoms with Crippen molar-refractivity contribution in [2.75, 3.05) is 6.54 Å². The molecule has 1 saturated carbocycles. The molecule has 0 aromatic carbocycles. The number of carbonyl (C=O) groups excluding carboxylic acids is 1. The van der Waals surface area contributed by atoms with Crippen LogP contribution < -0.4 is 10.6 Å². The molecule has 3 nitrogen and oxygen atoms in total. The van der Waals surface area contributed by atoms with E-state index < -0.39 is 0 Å². The van der Waals surface area contributed by atoms with Crippen LogP contribution in [0, 0.1) is 16.7 Å². The second-order valence-electron chi connectivity index (χ2n) is 7.32. The number of rotatable bonds is 7. The molecule has 2 unspecified atom stereocenters. The summed E-state index contributed by atoms with van der Waals surface area (Å²) in [4.78, 5) is 12.0. The Kier molecular flexibility index (Phi) is 5.05. The lowest BCUT2D eigenvalue weighted by atomic mass is 10.0. The van der Waals surface area contributed by atoms with E-state index in [4.69, 9.17) is 0 Å². The van der Waals surface area contributed by atoms with Crippen LogP contribution in [0.3, 0.4) is 0 Å². The molecule has 2 atom stereocenters. The molecule has 0 aromatic heterocycles. The highest BCUT2D eigenvalue weighted by Crippen LogP contribution is 2.67. The van der Waals surface area contributed by atoms with Crippen LogP contribution >= 0.6 is 0 Å². The van der Waals surface area contributed by atoms with Crippen molar-refractivity contribution in [2.24, 2.45) is 16.7 Å². The van der Waals surface area contributed by atoms with Gasteiger partial charge >= 0.3 is 0 Å². The molecule has 1 aliphatic carbocycles. The standard InChI is InChI=1S/C16H32N2O/c1-8-9-11(2)18-14(19)12(3)17-10-13-15(4,5)16(13,6)7/h11-13,17H,8-10H2,1-7H3,(H,18,19). The van der Waals surface area contributed by atoms with Crippen molar-refractivity contribution in [2.45, 2.75) is 73.4 Å². The monoisotopic (exact) mass is 268 g/mol. The van der Waals surface area contributed by atoms with Crippen molar-refractivity contribution in [1.82, 2.24) is 10.6 Å². The fraction of sp³-hybridized carbons (Fsp3) is 0.938. The first-order valence-electron chi connectivity index (χ1n) is 7.68. The lowest BCUT2D eigenvalue weighted by Gasteiger charge is -2.18. The molecule has 2 N–H and O–H groups in total. The van der Waals surface area contributed by atoms with Crippen LogP contribution in [0.5, 0.6) is 0 Å². The largest absolute Gasteiger partial charge is 0.352 e. The van der Waals surface area contributed by atoms with Gasteiger partial charge in [0.1, 0.15) is 0 Å². The molecule has 0 heterocycles. The number of hydrogen-bond donors (Lipinski definition) is 2. The number of carbonyl (C=O) groups is 1. The highest BCUT2D eigenvalue weighted by molar-refractivity contribution is 5.81. The van der Waals surface area contributed by atoms with E-state index in [0.717, 1.165) is 19.4 Å². The molecule has 1 rings (SSSR count). The Hall–Kier alpha value is -0.570. The van der Waals surface area contributed by atoms with Gasteiger partial charge in [-0.3, -0.25) is 4.79 Å². The fourth-order valence-corrected chi connectivity index (χ4v) is 3.10. The second kappa shape index (κ2) is 5.82. The van der Waals surface area contributed by atoms with E-state index in [0.29, 0.717) is 16.7 Å². The van der Waals surface area contributed by atoms with Gasteiger partial charge in [0, 0.05) is 6.04 Å². The second-order valence-corrected chi connectivity index (χ2v) is 7.32. The molecule has 0 spiro atoms. The highest BCUT2D eigenvalue weighted by atomic mass is 16.2. The summed E-state index contributed by atoms with van der Waals surface area (Å²) in [6.45, 7) is 16.3. The minimum Gasteiger partial charge on any atom is -0.352 e. The highest BCUT2D eigenvalue weighted by Gasteiger charge is 2.63. The van der Waals surface area contributed by atoms with Crippen molar-refractivity contribution in [3.05, 3.63) is 0 Å². The summed E-state index contributed by atoms with van der Waals surface area (Å²) in [6, 6.07) is 0.169. The summed E-state index contributed by atoms with van der Waals surface area (Å²) in [5.41, 5.74) is 0.761. The van der Waals surface area contributed by atoms with Crippen molar-refractivity contribution >= 4 is 5.91 Å². The normalized spacial score (nSPS) is 23.7. The fourth-order valence-electron chi connectivity index (χ4n) is 3.10. The van der Waals surface area contributed by atoms with E-state index in [2.05, 4.69) is 52.2 Å². The van der Waals surface area contributed by atoms with E-state index in [1.165, 1.54) is 0 Å². The van der Waals surface area contributed by atoms with Gasteiger partial charge in [0.25, 0.3) is 0 Å². The minimum absolute atomic E-state index is 0.105. The topological polar surface area (TPSA) is 41.1 Å². The van der Waals surface area contributed by atoms with Crippen LogP contribution in [0.1, 0.15) is 61.3 Å². The zero-order valence-electron chi connectivity index (χ0n) is 13.8. The van der Waals surface area contributed by atoms with Crippen molar-refractivity contribution in [1.29, 1.82) is 0 Å². The maximum Gasteiger partial charge on any atom is 0.237 e. The molecule has 0 radical (unpaired) electrons. The van der Waals surface area contributed by atoms with Gasteiger partial charge in [0.2, 0.25) is 5.91 Å². The first-order valence-corrected chi connectivity index (χ1v) is 7.68. The summed E-state index contributed by atoms with van der Waals surface area (Å²) in [6.07, 6.45) is 2.15. The third-order valence-electron chi connectivity index (χ3n) is 5.45. The van der Waals surface area contributed by atoms with Crippen LogP contribution in [-0.2, 0) is 4.79 Å². The average Bonchev–Trinajstić information content (AvgIpc) is 2.66. The molecule has 3 heteroatoms. The molecule has 1 aliphatic rings. The van der Waals surface area contributed by atoms with Crippen molar-refractivity contribution in [3.63, 3.8) is 0 Å². The molecule has 0 saturated heterocycles. The van der Waals surface area contributed by atoms with Gasteiger partial charge in [-0.05, 0) is 43.6 Å². The lowest BCUT2D eigenvalue weighted by Crippen LogP contribution is -2.46. The van der Waals surface area contributed by atoms with Gasteiger partial charge in [-0.1, -0.05) is 41.0 Å². The number of nitrogens with one attached hydrogen (secondary N) is 2. The predicted octanol–water partition coefficient (Wildman–Crippen LogP) is 2.95. The zero-order chi connectivity index (χ0) is 14.8. The molecule has 1 fully saturated rings. The van der Waals surface area contributed by atoms with Gasteiger partial charge in [-0.25, -0.2) is 0 Å². The van der Waals surface area contributed by atoms with Gasteiger partial charge in [-0.15, -0.1) is 0 Å². The van der Waals surface area contributed by atoms with E-state index in [1.54, 1.807) is 0 Å². The first kappa shape index (κ1) is 16.5. The quantitative estimate of drug-likeness (QED) is 0.745. The maximum atomic E-state index is 12.0. The third-order valence-corrected chi connectivity index (χ3v) is 5.45. The van der Waals surface area contributed by atoms with Crippen LogP contribution in [-0.4, -0.2) is 24.5 Å². The Morgan fingerprint density at radius 1 is 1.16 bits per heavy atom. The summed E-state index contributed by atoms with van der Waals surface area (Å²) < 4.78 is 0. The molecule has 112 valence electrons. The zero-order valence-corrected chi connectivity index (χ0v) is 13.8. The van der Waals surface area contributed by atoms with Crippen molar-refractivity contribution < 1.29 is 4.79 Å². The molecule has 0 aliphatic heterocycles. The van der Waals surface area contributed by atoms with E-state index in [-0.39, 0.29) is 18.0 Å². The SMILES string of the molecule is CCCC(C)NC(=O)C(C)NCC1C(C)(C)C1(C)C. The minimum atomic E-state index is -0.105. The molecule has 0 bridgehead atoms. The van der Waals surface area contributed by atoms with Crippen LogP contribution in [0.15, 0.2) is 0 Å². The predicted molar refractivity (Wildman–Crippen MR) is 81.0 cm³/mol. The van der Waals surface area contributed by atoms with E-state index in [9.17, 15) is 4.79 Å². The number of hydrogen-bond acceptors (Lipinski definition) is 2. The molecular weight excluding hydrogens is 236 g/mol. The summed E-state index contributed by atoms with van der Waals surface area (Å²) in [5, 5.41) is 6.46. The Balaban J connectivity index is 2.32. The number of amides is 1. The maximum absolute atomic E-state index is 12.0. The summed E-state index contributed by atoms with van der Waals surface area (Å²) in [7, 11) is 0. The lowest BCUT2D eigenvalue weighted by molar-refractivity contribution is -0.123. The first-order chi connectivity index (χ1) is 8.64.